The first-order valence-electron chi connectivity index (χ1n) is 4.54. The Bertz CT molecular complexity index is 117. The summed E-state index contributed by atoms with van der Waals surface area (Å²) in [6.45, 7) is 4.87. The van der Waals surface area contributed by atoms with Crippen LogP contribution < -0.4 is 0 Å². The van der Waals surface area contributed by atoms with Crippen molar-refractivity contribution in [2.45, 2.75) is 51.2 Å². The maximum atomic E-state index is 9.73. The highest BCUT2D eigenvalue weighted by molar-refractivity contribution is 4.94. The number of hydrogen-bond donors (Lipinski definition) is 1. The Kier molecular flexibility index (Phi) is 2.90. The van der Waals surface area contributed by atoms with Gasteiger partial charge in [-0.05, 0) is 13.3 Å². The maximum absolute atomic E-state index is 9.73. The van der Waals surface area contributed by atoms with E-state index in [1.165, 1.54) is 0 Å². The Morgan fingerprint density at radius 2 is 2.09 bits per heavy atom. The molecule has 2 nitrogen and oxygen atoms in total. The van der Waals surface area contributed by atoms with E-state index in [0.717, 1.165) is 32.3 Å². The van der Waals surface area contributed by atoms with E-state index in [1.54, 1.807) is 0 Å². The van der Waals surface area contributed by atoms with Crippen LogP contribution in [0.4, 0.5) is 0 Å². The van der Waals surface area contributed by atoms with Gasteiger partial charge in [0.1, 0.15) is 0 Å². The maximum Gasteiger partial charge on any atom is 0.0697 e. The van der Waals surface area contributed by atoms with Gasteiger partial charge in [-0.25, -0.2) is 0 Å². The largest absolute Gasteiger partial charge is 0.390 e. The van der Waals surface area contributed by atoms with Crippen LogP contribution in [0, 0.1) is 0 Å². The molecule has 1 aliphatic rings. The van der Waals surface area contributed by atoms with Crippen molar-refractivity contribution in [2.24, 2.45) is 0 Å². The molecule has 0 unspecified atom stereocenters. The molecule has 1 N–H and O–H groups in total. The Morgan fingerprint density at radius 1 is 1.45 bits per heavy atom. The van der Waals surface area contributed by atoms with Gasteiger partial charge >= 0.3 is 0 Å². The first-order valence-corrected chi connectivity index (χ1v) is 4.54. The van der Waals surface area contributed by atoms with Crippen LogP contribution in [0.15, 0.2) is 0 Å². The average Bonchev–Trinajstić information content (AvgIpc) is 1.85. The molecule has 0 radical (unpaired) electrons. The van der Waals surface area contributed by atoms with Crippen molar-refractivity contribution in [1.82, 2.24) is 0 Å². The monoisotopic (exact) mass is 158 g/mol. The molecule has 66 valence electrons. The summed E-state index contributed by atoms with van der Waals surface area (Å²) in [5, 5.41) is 9.73. The van der Waals surface area contributed by atoms with Crippen molar-refractivity contribution in [2.75, 3.05) is 6.61 Å². The molecular weight excluding hydrogens is 140 g/mol. The molecule has 0 heterocycles. The predicted molar refractivity (Wildman–Crippen MR) is 44.5 cm³/mol. The van der Waals surface area contributed by atoms with Crippen LogP contribution in [0.1, 0.15) is 39.5 Å². The van der Waals surface area contributed by atoms with Crippen LogP contribution in [0.2, 0.25) is 0 Å². The molecule has 2 heteroatoms. The van der Waals surface area contributed by atoms with Gasteiger partial charge < -0.3 is 9.84 Å². The summed E-state index contributed by atoms with van der Waals surface area (Å²) in [5.41, 5.74) is -0.380. The fourth-order valence-electron chi connectivity index (χ4n) is 1.81. The molecule has 1 rings (SSSR count). The van der Waals surface area contributed by atoms with E-state index in [1.807, 2.05) is 6.92 Å². The molecule has 0 spiro atoms. The van der Waals surface area contributed by atoms with E-state index in [-0.39, 0.29) is 5.60 Å². The zero-order chi connectivity index (χ0) is 8.32. The van der Waals surface area contributed by atoms with Crippen molar-refractivity contribution in [3.8, 4) is 0 Å². The number of rotatable bonds is 4. The minimum atomic E-state index is -0.380. The molecule has 0 aromatic rings. The second kappa shape index (κ2) is 3.55. The lowest BCUT2D eigenvalue weighted by atomic mass is 9.75. The van der Waals surface area contributed by atoms with Crippen LogP contribution in [0.5, 0.6) is 0 Å². The van der Waals surface area contributed by atoms with Crippen molar-refractivity contribution < 1.29 is 9.84 Å². The topological polar surface area (TPSA) is 29.5 Å². The molecule has 1 saturated carbocycles. The normalized spacial score (nSPS) is 36.8. The fourth-order valence-corrected chi connectivity index (χ4v) is 1.81. The third-order valence-corrected chi connectivity index (χ3v) is 2.33. The Balaban J connectivity index is 2.15. The van der Waals surface area contributed by atoms with Gasteiger partial charge in [0.2, 0.25) is 0 Å². The summed E-state index contributed by atoms with van der Waals surface area (Å²) in [6, 6.07) is 0. The number of aliphatic hydroxyl groups is 1. The van der Waals surface area contributed by atoms with Gasteiger partial charge in [0.15, 0.2) is 0 Å². The Hall–Kier alpha value is -0.0800. The summed E-state index contributed by atoms with van der Waals surface area (Å²) in [6.07, 6.45) is 4.01. The summed E-state index contributed by atoms with van der Waals surface area (Å²) in [4.78, 5) is 0. The molecule has 11 heavy (non-hydrogen) atoms. The summed E-state index contributed by atoms with van der Waals surface area (Å²) in [5.74, 6) is 0. The third-order valence-electron chi connectivity index (χ3n) is 2.33. The fraction of sp³-hybridized carbons (Fsp3) is 1.00. The Morgan fingerprint density at radius 3 is 2.55 bits per heavy atom. The smallest absolute Gasteiger partial charge is 0.0697 e. The molecule has 1 fully saturated rings. The quantitative estimate of drug-likeness (QED) is 0.675. The summed E-state index contributed by atoms with van der Waals surface area (Å²) < 4.78 is 5.36. The van der Waals surface area contributed by atoms with Crippen molar-refractivity contribution in [3.63, 3.8) is 0 Å². The second-order valence-corrected chi connectivity index (χ2v) is 3.46. The molecule has 0 aliphatic heterocycles. The van der Waals surface area contributed by atoms with Crippen molar-refractivity contribution in [3.05, 3.63) is 0 Å². The zero-order valence-electron chi connectivity index (χ0n) is 7.47. The molecule has 0 amide bonds. The molecule has 0 aromatic heterocycles. The van der Waals surface area contributed by atoms with Gasteiger partial charge in [-0.15, -0.1) is 0 Å². The highest BCUT2D eigenvalue weighted by atomic mass is 16.5. The average molecular weight is 158 g/mol. The van der Waals surface area contributed by atoms with Crippen LogP contribution in [-0.2, 0) is 4.74 Å². The van der Waals surface area contributed by atoms with E-state index >= 15 is 0 Å². The standard InChI is InChI=1S/C9H18O2/c1-3-5-9(10)6-8(7-9)11-4-2/h8,10H,3-7H2,1-2H3. The lowest BCUT2D eigenvalue weighted by Crippen LogP contribution is -2.48. The highest BCUT2D eigenvalue weighted by Gasteiger charge is 2.41. The lowest BCUT2D eigenvalue weighted by Gasteiger charge is -2.43. The minimum absolute atomic E-state index is 0.330. The van der Waals surface area contributed by atoms with Gasteiger partial charge in [-0.1, -0.05) is 13.3 Å². The van der Waals surface area contributed by atoms with Crippen molar-refractivity contribution in [1.29, 1.82) is 0 Å². The first kappa shape index (κ1) is 9.01. The molecule has 0 saturated heterocycles. The zero-order valence-corrected chi connectivity index (χ0v) is 7.47. The molecular formula is C9H18O2. The number of ether oxygens (including phenoxy) is 1. The van der Waals surface area contributed by atoms with Gasteiger partial charge in [-0.2, -0.15) is 0 Å². The van der Waals surface area contributed by atoms with E-state index in [4.69, 9.17) is 4.74 Å². The SMILES string of the molecule is CCCC1(O)CC(OCC)C1. The van der Waals surface area contributed by atoms with Crippen LogP contribution >= 0.6 is 0 Å². The van der Waals surface area contributed by atoms with E-state index < -0.39 is 0 Å². The molecule has 1 aliphatic carbocycles. The molecule has 0 aromatic carbocycles. The predicted octanol–water partition coefficient (Wildman–Crippen LogP) is 1.72. The lowest BCUT2D eigenvalue weighted by molar-refractivity contribution is -0.140. The van der Waals surface area contributed by atoms with Crippen molar-refractivity contribution >= 4 is 0 Å². The van der Waals surface area contributed by atoms with Crippen LogP contribution in [-0.4, -0.2) is 23.4 Å². The summed E-state index contributed by atoms with van der Waals surface area (Å²) >= 11 is 0. The van der Waals surface area contributed by atoms with E-state index in [9.17, 15) is 5.11 Å². The van der Waals surface area contributed by atoms with Crippen LogP contribution in [0.3, 0.4) is 0 Å². The first-order chi connectivity index (χ1) is 5.20. The number of hydrogen-bond acceptors (Lipinski definition) is 2. The van der Waals surface area contributed by atoms with Gasteiger partial charge in [0.25, 0.3) is 0 Å². The Labute approximate surface area is 68.6 Å². The summed E-state index contributed by atoms with van der Waals surface area (Å²) in [7, 11) is 0. The molecule has 0 atom stereocenters. The van der Waals surface area contributed by atoms with Gasteiger partial charge in [-0.3, -0.25) is 0 Å². The second-order valence-electron chi connectivity index (χ2n) is 3.46. The third kappa shape index (κ3) is 2.17. The van der Waals surface area contributed by atoms with E-state index in [0.29, 0.717) is 6.10 Å². The molecule has 0 bridgehead atoms. The van der Waals surface area contributed by atoms with Gasteiger partial charge in [0.05, 0.1) is 11.7 Å². The van der Waals surface area contributed by atoms with Gasteiger partial charge in [0, 0.05) is 19.4 Å². The van der Waals surface area contributed by atoms with Crippen LogP contribution in [0.25, 0.3) is 0 Å². The highest BCUT2D eigenvalue weighted by Crippen LogP contribution is 2.37. The van der Waals surface area contributed by atoms with E-state index in [2.05, 4.69) is 6.92 Å². The minimum Gasteiger partial charge on any atom is -0.390 e.